The SMILES string of the molecule is COc1ccc(NC(=S)NNC(=O)CSc2ccc(OC)cc2)cc1. The lowest BCUT2D eigenvalue weighted by molar-refractivity contribution is -0.119. The number of hydrogen-bond acceptors (Lipinski definition) is 5. The fourth-order valence-electron chi connectivity index (χ4n) is 1.82. The molecule has 8 heteroatoms. The van der Waals surface area contributed by atoms with Crippen molar-refractivity contribution < 1.29 is 14.3 Å². The van der Waals surface area contributed by atoms with Crippen LogP contribution in [0.15, 0.2) is 53.4 Å². The quantitative estimate of drug-likeness (QED) is 0.406. The first-order chi connectivity index (χ1) is 12.1. The van der Waals surface area contributed by atoms with Crippen molar-refractivity contribution in [3.8, 4) is 11.5 Å². The van der Waals surface area contributed by atoms with Gasteiger partial charge in [-0.1, -0.05) is 0 Å². The minimum atomic E-state index is -0.181. The fourth-order valence-corrected chi connectivity index (χ4v) is 2.69. The number of hydrazine groups is 1. The molecule has 0 unspecified atom stereocenters. The first-order valence-corrected chi connectivity index (χ1v) is 8.77. The third-order valence-corrected chi connectivity index (χ3v) is 4.31. The monoisotopic (exact) mass is 377 g/mol. The minimum Gasteiger partial charge on any atom is -0.497 e. The van der Waals surface area contributed by atoms with Crippen LogP contribution in [-0.4, -0.2) is 31.0 Å². The Hall–Kier alpha value is -2.45. The summed E-state index contributed by atoms with van der Waals surface area (Å²) in [6.45, 7) is 0. The highest BCUT2D eigenvalue weighted by atomic mass is 32.2. The van der Waals surface area contributed by atoms with Gasteiger partial charge in [0.05, 0.1) is 20.0 Å². The molecule has 2 aromatic carbocycles. The summed E-state index contributed by atoms with van der Waals surface area (Å²) in [7, 11) is 3.22. The van der Waals surface area contributed by atoms with Crippen molar-refractivity contribution in [3.63, 3.8) is 0 Å². The molecule has 0 aliphatic carbocycles. The summed E-state index contributed by atoms with van der Waals surface area (Å²) in [5.74, 6) is 1.63. The Bertz CT molecular complexity index is 706. The topological polar surface area (TPSA) is 71.6 Å². The molecule has 6 nitrogen and oxygen atoms in total. The lowest BCUT2D eigenvalue weighted by atomic mass is 10.3. The van der Waals surface area contributed by atoms with Crippen LogP contribution in [0.1, 0.15) is 0 Å². The molecule has 0 saturated heterocycles. The minimum absolute atomic E-state index is 0.181. The molecule has 3 N–H and O–H groups in total. The van der Waals surface area contributed by atoms with Crippen LogP contribution in [0.25, 0.3) is 0 Å². The third kappa shape index (κ3) is 6.52. The van der Waals surface area contributed by atoms with Crippen molar-refractivity contribution in [2.45, 2.75) is 4.90 Å². The molecule has 0 spiro atoms. The summed E-state index contributed by atoms with van der Waals surface area (Å²) >= 11 is 6.55. The molecule has 0 atom stereocenters. The van der Waals surface area contributed by atoms with E-state index in [4.69, 9.17) is 21.7 Å². The normalized spacial score (nSPS) is 9.84. The van der Waals surface area contributed by atoms with E-state index in [9.17, 15) is 4.79 Å². The first-order valence-electron chi connectivity index (χ1n) is 7.37. The van der Waals surface area contributed by atoms with Crippen molar-refractivity contribution in [1.82, 2.24) is 10.9 Å². The molecule has 25 heavy (non-hydrogen) atoms. The molecule has 0 aliphatic heterocycles. The Morgan fingerprint density at radius 2 is 1.52 bits per heavy atom. The number of ether oxygens (including phenoxy) is 2. The number of thiocarbonyl (C=S) groups is 1. The van der Waals surface area contributed by atoms with E-state index < -0.39 is 0 Å². The summed E-state index contributed by atoms with van der Waals surface area (Å²) in [5.41, 5.74) is 6.02. The van der Waals surface area contributed by atoms with E-state index in [1.165, 1.54) is 11.8 Å². The zero-order valence-electron chi connectivity index (χ0n) is 13.9. The maximum atomic E-state index is 11.9. The Labute approximate surface area is 156 Å². The van der Waals surface area contributed by atoms with Crippen molar-refractivity contribution in [3.05, 3.63) is 48.5 Å². The number of carbonyl (C=O) groups excluding carboxylic acids is 1. The Morgan fingerprint density at radius 3 is 2.08 bits per heavy atom. The summed E-state index contributed by atoms with van der Waals surface area (Å²) in [6.07, 6.45) is 0. The molecule has 0 aromatic heterocycles. The van der Waals surface area contributed by atoms with Crippen LogP contribution in [0.5, 0.6) is 11.5 Å². The number of nitrogens with one attached hydrogen (secondary N) is 3. The Balaban J connectivity index is 1.70. The molecule has 1 amide bonds. The van der Waals surface area contributed by atoms with E-state index in [1.54, 1.807) is 14.2 Å². The highest BCUT2D eigenvalue weighted by Crippen LogP contribution is 2.20. The van der Waals surface area contributed by atoms with Crippen LogP contribution >= 0.6 is 24.0 Å². The van der Waals surface area contributed by atoms with Gasteiger partial charge in [-0.25, -0.2) is 0 Å². The highest BCUT2D eigenvalue weighted by molar-refractivity contribution is 8.00. The van der Waals surface area contributed by atoms with Crippen molar-refractivity contribution in [2.24, 2.45) is 0 Å². The number of thioether (sulfide) groups is 1. The van der Waals surface area contributed by atoms with Crippen molar-refractivity contribution >= 4 is 40.7 Å². The predicted octanol–water partition coefficient (Wildman–Crippen LogP) is 2.81. The van der Waals surface area contributed by atoms with Gasteiger partial charge >= 0.3 is 0 Å². The summed E-state index contributed by atoms with van der Waals surface area (Å²) in [6, 6.07) is 14.8. The van der Waals surface area contributed by atoms with Gasteiger partial charge in [0.2, 0.25) is 5.91 Å². The summed E-state index contributed by atoms with van der Waals surface area (Å²) in [5, 5.41) is 3.26. The lowest BCUT2D eigenvalue weighted by Crippen LogP contribution is -2.44. The molecular weight excluding hydrogens is 358 g/mol. The van der Waals surface area contributed by atoms with Gasteiger partial charge in [-0.05, 0) is 60.7 Å². The highest BCUT2D eigenvalue weighted by Gasteiger charge is 2.04. The molecular formula is C17H19N3O3S2. The van der Waals surface area contributed by atoms with Gasteiger partial charge in [-0.15, -0.1) is 11.8 Å². The molecule has 0 saturated carbocycles. The summed E-state index contributed by atoms with van der Waals surface area (Å²) in [4.78, 5) is 12.8. The second kappa shape index (κ2) is 9.75. The van der Waals surface area contributed by atoms with Gasteiger partial charge in [-0.2, -0.15) is 0 Å². The van der Waals surface area contributed by atoms with Crippen LogP contribution in [0.4, 0.5) is 5.69 Å². The molecule has 0 bridgehead atoms. The van der Waals surface area contributed by atoms with Crippen molar-refractivity contribution in [2.75, 3.05) is 25.3 Å². The molecule has 2 aromatic rings. The van der Waals surface area contributed by atoms with Crippen LogP contribution in [0, 0.1) is 0 Å². The van der Waals surface area contributed by atoms with E-state index in [1.807, 2.05) is 48.5 Å². The van der Waals surface area contributed by atoms with Gasteiger partial charge in [0.1, 0.15) is 11.5 Å². The number of carbonyl (C=O) groups is 1. The van der Waals surface area contributed by atoms with E-state index in [2.05, 4.69) is 16.2 Å². The maximum absolute atomic E-state index is 11.9. The summed E-state index contributed by atoms with van der Waals surface area (Å²) < 4.78 is 10.2. The van der Waals surface area contributed by atoms with Gasteiger partial charge in [0.15, 0.2) is 5.11 Å². The molecule has 132 valence electrons. The number of benzene rings is 2. The maximum Gasteiger partial charge on any atom is 0.248 e. The third-order valence-electron chi connectivity index (χ3n) is 3.09. The number of methoxy groups -OCH3 is 2. The zero-order chi connectivity index (χ0) is 18.1. The molecule has 0 heterocycles. The van der Waals surface area contributed by atoms with Crippen molar-refractivity contribution in [1.29, 1.82) is 0 Å². The van der Waals surface area contributed by atoms with Gasteiger partial charge in [0, 0.05) is 10.6 Å². The molecule has 0 aliphatic rings. The second-order valence-corrected chi connectivity index (χ2v) is 6.28. The van der Waals surface area contributed by atoms with Gasteiger partial charge < -0.3 is 14.8 Å². The van der Waals surface area contributed by atoms with Crippen LogP contribution in [-0.2, 0) is 4.79 Å². The van der Waals surface area contributed by atoms with Gasteiger partial charge in [0.25, 0.3) is 0 Å². The number of anilines is 1. The number of hydrogen-bond donors (Lipinski definition) is 3. The second-order valence-electron chi connectivity index (χ2n) is 4.82. The van der Waals surface area contributed by atoms with Crippen LogP contribution in [0.3, 0.4) is 0 Å². The van der Waals surface area contributed by atoms with Crippen LogP contribution < -0.4 is 25.6 Å². The predicted molar refractivity (Wildman–Crippen MR) is 104 cm³/mol. The van der Waals surface area contributed by atoms with E-state index in [0.717, 1.165) is 22.1 Å². The average Bonchev–Trinajstić information content (AvgIpc) is 2.65. The average molecular weight is 377 g/mol. The Kier molecular flexibility index (Phi) is 7.36. The fraction of sp³-hybridized carbons (Fsp3) is 0.176. The van der Waals surface area contributed by atoms with Gasteiger partial charge in [-0.3, -0.25) is 15.6 Å². The lowest BCUT2D eigenvalue weighted by Gasteiger charge is -2.12. The largest absolute Gasteiger partial charge is 0.497 e. The van der Waals surface area contributed by atoms with E-state index in [0.29, 0.717) is 5.11 Å². The number of amides is 1. The standard InChI is InChI=1S/C17H19N3O3S2/c1-22-13-5-3-12(4-6-13)18-17(24)20-19-16(21)11-25-15-9-7-14(23-2)8-10-15/h3-10H,11H2,1-2H3,(H,19,21)(H2,18,20,24). The van der Waals surface area contributed by atoms with E-state index in [-0.39, 0.29) is 11.7 Å². The zero-order valence-corrected chi connectivity index (χ0v) is 15.5. The molecule has 0 radical (unpaired) electrons. The van der Waals surface area contributed by atoms with E-state index >= 15 is 0 Å². The smallest absolute Gasteiger partial charge is 0.248 e. The first kappa shape index (κ1) is 18.9. The molecule has 2 rings (SSSR count). The molecule has 0 fully saturated rings. The van der Waals surface area contributed by atoms with Crippen LogP contribution in [0.2, 0.25) is 0 Å². The Morgan fingerprint density at radius 1 is 0.960 bits per heavy atom. The number of rotatable bonds is 6.